The first-order chi connectivity index (χ1) is 10.6. The molecule has 0 bridgehead atoms. The fourth-order valence-corrected chi connectivity index (χ4v) is 2.20. The minimum atomic E-state index is -0.552. The Morgan fingerprint density at radius 2 is 2.00 bits per heavy atom. The molecular formula is C17H22N4O. The largest absolute Gasteiger partial charge is 0.364 e. The second-order valence-electron chi connectivity index (χ2n) is 5.38. The number of carbonyl (C=O) groups excluding carboxylic acids is 1. The van der Waals surface area contributed by atoms with Crippen LogP contribution in [0.2, 0.25) is 0 Å². The Labute approximate surface area is 131 Å². The molecule has 0 radical (unpaired) electrons. The summed E-state index contributed by atoms with van der Waals surface area (Å²) in [5.74, 6) is -0.109. The maximum absolute atomic E-state index is 11.5. The molecule has 116 valence electrons. The summed E-state index contributed by atoms with van der Waals surface area (Å²) in [5.41, 5.74) is 7.22. The highest BCUT2D eigenvalue weighted by Crippen LogP contribution is 2.19. The van der Waals surface area contributed by atoms with Gasteiger partial charge in [-0.3, -0.25) is 4.79 Å². The van der Waals surface area contributed by atoms with Crippen LogP contribution in [0.3, 0.4) is 0 Å². The molecule has 2 aromatic rings. The maximum Gasteiger partial charge on any atom is 0.267 e. The van der Waals surface area contributed by atoms with E-state index in [9.17, 15) is 4.79 Å². The number of unbranched alkanes of at least 4 members (excludes halogenated alkanes) is 1. The third kappa shape index (κ3) is 4.28. The van der Waals surface area contributed by atoms with Crippen molar-refractivity contribution in [3.8, 4) is 11.3 Å². The van der Waals surface area contributed by atoms with Crippen molar-refractivity contribution < 1.29 is 4.79 Å². The van der Waals surface area contributed by atoms with Crippen molar-refractivity contribution in [1.82, 2.24) is 9.97 Å². The Morgan fingerprint density at radius 1 is 1.27 bits per heavy atom. The van der Waals surface area contributed by atoms with Crippen molar-refractivity contribution in [1.29, 1.82) is 0 Å². The van der Waals surface area contributed by atoms with Gasteiger partial charge in [-0.05, 0) is 19.4 Å². The predicted molar refractivity (Wildman–Crippen MR) is 88.6 cm³/mol. The molecule has 0 spiro atoms. The van der Waals surface area contributed by atoms with Gasteiger partial charge in [0.05, 0.1) is 5.69 Å². The molecule has 1 unspecified atom stereocenters. The fraction of sp³-hybridized carbons (Fsp3) is 0.353. The van der Waals surface area contributed by atoms with E-state index in [1.807, 2.05) is 30.3 Å². The SMILES string of the molecule is CCCCC(C)Nc1nc(C(N)=O)cc(-c2ccccc2)n1. The number of primary amides is 1. The van der Waals surface area contributed by atoms with Crippen molar-refractivity contribution >= 4 is 11.9 Å². The lowest BCUT2D eigenvalue weighted by atomic mass is 10.1. The van der Waals surface area contributed by atoms with Gasteiger partial charge in [0.15, 0.2) is 0 Å². The van der Waals surface area contributed by atoms with Gasteiger partial charge in [-0.1, -0.05) is 50.1 Å². The van der Waals surface area contributed by atoms with Crippen LogP contribution in [0, 0.1) is 0 Å². The molecule has 0 aliphatic rings. The number of carbonyl (C=O) groups is 1. The zero-order valence-electron chi connectivity index (χ0n) is 13.0. The summed E-state index contributed by atoms with van der Waals surface area (Å²) in [4.78, 5) is 20.2. The lowest BCUT2D eigenvalue weighted by Gasteiger charge is -2.14. The van der Waals surface area contributed by atoms with Crippen molar-refractivity contribution in [2.24, 2.45) is 5.73 Å². The van der Waals surface area contributed by atoms with E-state index in [0.29, 0.717) is 11.6 Å². The number of anilines is 1. The van der Waals surface area contributed by atoms with Gasteiger partial charge in [-0.2, -0.15) is 0 Å². The molecule has 0 aliphatic carbocycles. The highest BCUT2D eigenvalue weighted by molar-refractivity contribution is 5.92. The number of hydrogen-bond donors (Lipinski definition) is 2. The van der Waals surface area contributed by atoms with Crippen LogP contribution in [0.4, 0.5) is 5.95 Å². The summed E-state index contributed by atoms with van der Waals surface area (Å²) in [6, 6.07) is 11.5. The van der Waals surface area contributed by atoms with Crippen LogP contribution in [0.25, 0.3) is 11.3 Å². The van der Waals surface area contributed by atoms with E-state index < -0.39 is 5.91 Å². The number of aromatic nitrogens is 2. The monoisotopic (exact) mass is 298 g/mol. The van der Waals surface area contributed by atoms with E-state index in [-0.39, 0.29) is 11.7 Å². The molecule has 1 heterocycles. The van der Waals surface area contributed by atoms with E-state index in [2.05, 4.69) is 29.1 Å². The number of amides is 1. The predicted octanol–water partition coefficient (Wildman–Crippen LogP) is 3.23. The van der Waals surface area contributed by atoms with Crippen LogP contribution in [0.5, 0.6) is 0 Å². The average Bonchev–Trinajstić information content (AvgIpc) is 2.53. The summed E-state index contributed by atoms with van der Waals surface area (Å²) in [7, 11) is 0. The Bertz CT molecular complexity index is 628. The average molecular weight is 298 g/mol. The standard InChI is InChI=1S/C17H22N4O/c1-3-4-8-12(2)19-17-20-14(11-15(21-17)16(18)22)13-9-6-5-7-10-13/h5-7,9-12H,3-4,8H2,1-2H3,(H2,18,22)(H,19,20,21). The van der Waals surface area contributed by atoms with Gasteiger partial charge < -0.3 is 11.1 Å². The third-order valence-corrected chi connectivity index (χ3v) is 3.41. The minimum absolute atomic E-state index is 0.221. The molecule has 1 amide bonds. The number of rotatable bonds is 7. The number of nitrogens with zero attached hydrogens (tertiary/aromatic N) is 2. The topological polar surface area (TPSA) is 80.9 Å². The highest BCUT2D eigenvalue weighted by atomic mass is 16.1. The highest BCUT2D eigenvalue weighted by Gasteiger charge is 2.12. The van der Waals surface area contributed by atoms with Gasteiger partial charge in [-0.25, -0.2) is 9.97 Å². The quantitative estimate of drug-likeness (QED) is 0.822. The summed E-state index contributed by atoms with van der Waals surface area (Å²) >= 11 is 0. The molecule has 22 heavy (non-hydrogen) atoms. The molecule has 0 aliphatic heterocycles. The Hall–Kier alpha value is -2.43. The van der Waals surface area contributed by atoms with Crippen LogP contribution in [-0.4, -0.2) is 21.9 Å². The lowest BCUT2D eigenvalue weighted by molar-refractivity contribution is 0.0995. The number of nitrogens with one attached hydrogen (secondary N) is 1. The molecule has 1 atom stereocenters. The second kappa shape index (κ2) is 7.54. The van der Waals surface area contributed by atoms with Gasteiger partial charge >= 0.3 is 0 Å². The van der Waals surface area contributed by atoms with Crippen molar-refractivity contribution in [3.05, 3.63) is 42.1 Å². The maximum atomic E-state index is 11.5. The number of benzene rings is 1. The normalized spacial score (nSPS) is 11.9. The van der Waals surface area contributed by atoms with Gasteiger partial charge in [0.25, 0.3) is 5.91 Å². The van der Waals surface area contributed by atoms with E-state index in [4.69, 9.17) is 5.73 Å². The third-order valence-electron chi connectivity index (χ3n) is 3.41. The number of nitrogens with two attached hydrogens (primary N) is 1. The molecule has 0 saturated heterocycles. The first-order valence-electron chi connectivity index (χ1n) is 7.61. The van der Waals surface area contributed by atoms with E-state index in [1.54, 1.807) is 6.07 Å². The van der Waals surface area contributed by atoms with Crippen LogP contribution in [0.1, 0.15) is 43.6 Å². The smallest absolute Gasteiger partial charge is 0.267 e. The molecule has 5 heteroatoms. The zero-order valence-corrected chi connectivity index (χ0v) is 13.0. The molecule has 0 fully saturated rings. The minimum Gasteiger partial charge on any atom is -0.364 e. The Morgan fingerprint density at radius 3 is 2.64 bits per heavy atom. The van der Waals surface area contributed by atoms with Gasteiger partial charge in [0, 0.05) is 11.6 Å². The Balaban J connectivity index is 2.30. The zero-order chi connectivity index (χ0) is 15.9. The fourth-order valence-electron chi connectivity index (χ4n) is 2.20. The molecule has 1 aromatic carbocycles. The van der Waals surface area contributed by atoms with E-state index in [0.717, 1.165) is 24.8 Å². The van der Waals surface area contributed by atoms with E-state index >= 15 is 0 Å². The first-order valence-corrected chi connectivity index (χ1v) is 7.61. The molecule has 5 nitrogen and oxygen atoms in total. The second-order valence-corrected chi connectivity index (χ2v) is 5.38. The van der Waals surface area contributed by atoms with Gasteiger partial charge in [0.2, 0.25) is 5.95 Å². The molecule has 2 rings (SSSR count). The van der Waals surface area contributed by atoms with Crippen molar-refractivity contribution in [2.45, 2.75) is 39.2 Å². The van der Waals surface area contributed by atoms with Crippen LogP contribution in [-0.2, 0) is 0 Å². The molecule has 3 N–H and O–H groups in total. The number of hydrogen-bond acceptors (Lipinski definition) is 4. The van der Waals surface area contributed by atoms with Crippen LogP contribution < -0.4 is 11.1 Å². The summed E-state index contributed by atoms with van der Waals surface area (Å²) in [6.07, 6.45) is 3.31. The van der Waals surface area contributed by atoms with Crippen molar-refractivity contribution in [2.75, 3.05) is 5.32 Å². The van der Waals surface area contributed by atoms with Gasteiger partial charge in [0.1, 0.15) is 5.69 Å². The summed E-state index contributed by atoms with van der Waals surface area (Å²) < 4.78 is 0. The molecule has 0 saturated carbocycles. The van der Waals surface area contributed by atoms with Crippen LogP contribution >= 0.6 is 0 Å². The Kier molecular flexibility index (Phi) is 5.47. The summed E-state index contributed by atoms with van der Waals surface area (Å²) in [6.45, 7) is 4.24. The van der Waals surface area contributed by atoms with E-state index in [1.165, 1.54) is 0 Å². The summed E-state index contributed by atoms with van der Waals surface area (Å²) in [5, 5.41) is 3.25. The van der Waals surface area contributed by atoms with Crippen molar-refractivity contribution in [3.63, 3.8) is 0 Å². The molecule has 1 aromatic heterocycles. The lowest BCUT2D eigenvalue weighted by Crippen LogP contribution is -2.20. The van der Waals surface area contributed by atoms with Crippen LogP contribution in [0.15, 0.2) is 36.4 Å². The first kappa shape index (κ1) is 15.9. The van der Waals surface area contributed by atoms with Gasteiger partial charge in [-0.15, -0.1) is 0 Å². The molecular weight excluding hydrogens is 276 g/mol.